The van der Waals surface area contributed by atoms with Crippen LogP contribution in [0.3, 0.4) is 0 Å². The summed E-state index contributed by atoms with van der Waals surface area (Å²) in [7, 11) is -3.08. The number of amidine groups is 1. The summed E-state index contributed by atoms with van der Waals surface area (Å²) in [5.41, 5.74) is 3.56. The Balaban J connectivity index is 1.79. The molecule has 0 unspecified atom stereocenters. The van der Waals surface area contributed by atoms with Crippen molar-refractivity contribution in [3.05, 3.63) is 65.2 Å². The van der Waals surface area contributed by atoms with Crippen molar-refractivity contribution in [2.24, 2.45) is 4.99 Å². The summed E-state index contributed by atoms with van der Waals surface area (Å²) in [6, 6.07) is 14.7. The largest absolute Gasteiger partial charge is 0.315 e. The van der Waals surface area contributed by atoms with Crippen molar-refractivity contribution in [2.75, 3.05) is 16.4 Å². The summed E-state index contributed by atoms with van der Waals surface area (Å²) in [6.07, 6.45) is 0. The van der Waals surface area contributed by atoms with Crippen molar-refractivity contribution in [1.29, 1.82) is 0 Å². The summed E-state index contributed by atoms with van der Waals surface area (Å²) in [5.74, 6) is -0.0867. The van der Waals surface area contributed by atoms with Crippen LogP contribution in [0.4, 0.5) is 5.69 Å². The number of aliphatic imine (C=N–C) groups is 1. The highest BCUT2D eigenvalue weighted by atomic mass is 32.2. The highest BCUT2D eigenvalue weighted by Crippen LogP contribution is 2.43. The molecule has 2 heterocycles. The predicted octanol–water partition coefficient (Wildman–Crippen LogP) is 3.22. The van der Waals surface area contributed by atoms with E-state index in [1.54, 1.807) is 24.3 Å². The Morgan fingerprint density at radius 1 is 1.04 bits per heavy atom. The summed E-state index contributed by atoms with van der Waals surface area (Å²) in [5, 5.41) is 0.488. The molecule has 2 aliphatic rings. The highest BCUT2D eigenvalue weighted by molar-refractivity contribution is 8.16. The topological polar surface area (TPSA) is 66.8 Å². The van der Waals surface area contributed by atoms with Crippen LogP contribution in [0.1, 0.15) is 21.5 Å². The van der Waals surface area contributed by atoms with Gasteiger partial charge in [0.15, 0.2) is 15.0 Å². The standard InChI is InChI=1S/C20H20N2O3S2/c1-13-7-6-8-14(2)18(13)22-16-11-27(24,25)12-17(16)26-20(22)21-19(23)15-9-4-3-5-10-15/h3-10,16-17H,11-12H2,1-2H3/t16-,17-/m1/s1. The van der Waals surface area contributed by atoms with Gasteiger partial charge in [0.25, 0.3) is 5.91 Å². The molecule has 2 saturated heterocycles. The zero-order valence-electron chi connectivity index (χ0n) is 15.1. The van der Waals surface area contributed by atoms with E-state index >= 15 is 0 Å². The van der Waals surface area contributed by atoms with Crippen molar-refractivity contribution in [3.8, 4) is 0 Å². The Kier molecular flexibility index (Phi) is 4.60. The number of benzene rings is 2. The van der Waals surface area contributed by atoms with Crippen molar-refractivity contribution in [3.63, 3.8) is 0 Å². The SMILES string of the molecule is Cc1cccc(C)c1N1C(=NC(=O)c2ccccc2)S[C@@H]2CS(=O)(=O)C[C@H]21. The van der Waals surface area contributed by atoms with Crippen LogP contribution in [0.15, 0.2) is 53.5 Å². The molecule has 1 amide bonds. The van der Waals surface area contributed by atoms with Crippen LogP contribution in [0.2, 0.25) is 0 Å². The lowest BCUT2D eigenvalue weighted by Gasteiger charge is -2.27. The first-order chi connectivity index (χ1) is 12.9. The molecule has 2 fully saturated rings. The van der Waals surface area contributed by atoms with Crippen molar-refractivity contribution in [1.82, 2.24) is 0 Å². The van der Waals surface area contributed by atoms with E-state index in [4.69, 9.17) is 0 Å². The minimum atomic E-state index is -3.08. The number of hydrogen-bond acceptors (Lipinski definition) is 4. The molecule has 0 N–H and O–H groups in total. The van der Waals surface area contributed by atoms with Crippen molar-refractivity contribution < 1.29 is 13.2 Å². The normalized spacial score (nSPS) is 25.0. The summed E-state index contributed by atoms with van der Waals surface area (Å²) in [4.78, 5) is 19.0. The molecule has 27 heavy (non-hydrogen) atoms. The highest BCUT2D eigenvalue weighted by Gasteiger charge is 2.49. The number of nitrogens with zero attached hydrogens (tertiary/aromatic N) is 2. The van der Waals surface area contributed by atoms with Gasteiger partial charge in [-0.05, 0) is 37.1 Å². The number of para-hydroxylation sites is 1. The lowest BCUT2D eigenvalue weighted by atomic mass is 10.1. The third-order valence-corrected chi connectivity index (χ3v) is 8.17. The van der Waals surface area contributed by atoms with E-state index in [9.17, 15) is 13.2 Å². The number of hydrogen-bond donors (Lipinski definition) is 0. The second kappa shape index (κ2) is 6.80. The smallest absolute Gasteiger partial charge is 0.279 e. The minimum absolute atomic E-state index is 0.0942. The van der Waals surface area contributed by atoms with Crippen LogP contribution >= 0.6 is 11.8 Å². The zero-order chi connectivity index (χ0) is 19.2. The van der Waals surface area contributed by atoms with E-state index in [0.29, 0.717) is 10.7 Å². The zero-order valence-corrected chi connectivity index (χ0v) is 16.8. The minimum Gasteiger partial charge on any atom is -0.315 e. The average Bonchev–Trinajstić information content (AvgIpc) is 3.07. The van der Waals surface area contributed by atoms with E-state index in [1.807, 2.05) is 43.0 Å². The number of amides is 1. The number of rotatable bonds is 2. The number of thioether (sulfide) groups is 1. The molecular formula is C20H20N2O3S2. The number of anilines is 1. The molecule has 0 radical (unpaired) electrons. The molecule has 0 spiro atoms. The molecule has 0 aliphatic carbocycles. The van der Waals surface area contributed by atoms with E-state index in [0.717, 1.165) is 16.8 Å². The van der Waals surface area contributed by atoms with Gasteiger partial charge < -0.3 is 4.90 Å². The number of aryl methyl sites for hydroxylation is 2. The molecule has 7 heteroatoms. The van der Waals surface area contributed by atoms with Crippen LogP contribution < -0.4 is 4.90 Å². The third-order valence-electron chi connectivity index (χ3n) is 4.96. The van der Waals surface area contributed by atoms with Gasteiger partial charge in [-0.15, -0.1) is 0 Å². The van der Waals surface area contributed by atoms with E-state index in [-0.39, 0.29) is 28.7 Å². The molecule has 2 aromatic rings. The first-order valence-electron chi connectivity index (χ1n) is 8.76. The first kappa shape index (κ1) is 18.3. The van der Waals surface area contributed by atoms with E-state index in [2.05, 4.69) is 4.99 Å². The molecule has 2 aromatic carbocycles. The maximum absolute atomic E-state index is 12.6. The Hall–Kier alpha value is -2.12. The predicted molar refractivity (Wildman–Crippen MR) is 110 cm³/mol. The van der Waals surface area contributed by atoms with E-state index in [1.165, 1.54) is 11.8 Å². The van der Waals surface area contributed by atoms with Gasteiger partial charge in [0.2, 0.25) is 0 Å². The maximum atomic E-state index is 12.6. The fraction of sp³-hybridized carbons (Fsp3) is 0.300. The maximum Gasteiger partial charge on any atom is 0.279 e. The Labute approximate surface area is 163 Å². The number of sulfone groups is 1. The quantitative estimate of drug-likeness (QED) is 0.774. The molecule has 0 aromatic heterocycles. The second-order valence-electron chi connectivity index (χ2n) is 6.98. The molecule has 0 saturated carbocycles. The molecule has 4 rings (SSSR count). The first-order valence-corrected chi connectivity index (χ1v) is 11.5. The second-order valence-corrected chi connectivity index (χ2v) is 10.3. The van der Waals surface area contributed by atoms with Crippen molar-refractivity contribution in [2.45, 2.75) is 25.1 Å². The number of carbonyl (C=O) groups excluding carboxylic acids is 1. The third kappa shape index (κ3) is 3.41. The lowest BCUT2D eigenvalue weighted by molar-refractivity contribution is 0.100. The molecule has 140 valence electrons. The fourth-order valence-corrected chi connectivity index (χ4v) is 7.64. The summed E-state index contributed by atoms with van der Waals surface area (Å²) >= 11 is 1.40. The van der Waals surface area contributed by atoms with Crippen LogP contribution in [-0.4, -0.2) is 42.3 Å². The molecule has 2 atom stereocenters. The Morgan fingerprint density at radius 2 is 1.70 bits per heavy atom. The van der Waals surface area contributed by atoms with Gasteiger partial charge in [-0.2, -0.15) is 4.99 Å². The van der Waals surface area contributed by atoms with E-state index < -0.39 is 9.84 Å². The van der Waals surface area contributed by atoms with Gasteiger partial charge in [-0.1, -0.05) is 48.2 Å². The van der Waals surface area contributed by atoms with Crippen molar-refractivity contribution >= 4 is 38.4 Å². The molecule has 2 aliphatic heterocycles. The average molecular weight is 401 g/mol. The van der Waals surface area contributed by atoms with Gasteiger partial charge in [0.05, 0.1) is 17.5 Å². The van der Waals surface area contributed by atoms with Crippen LogP contribution in [0.25, 0.3) is 0 Å². The Bertz CT molecular complexity index is 1010. The van der Waals surface area contributed by atoms with Crippen LogP contribution in [0, 0.1) is 13.8 Å². The molecule has 0 bridgehead atoms. The van der Waals surface area contributed by atoms with Crippen LogP contribution in [-0.2, 0) is 9.84 Å². The molecular weight excluding hydrogens is 380 g/mol. The number of fused-ring (bicyclic) bond motifs is 1. The monoisotopic (exact) mass is 400 g/mol. The van der Waals surface area contributed by atoms with Gasteiger partial charge >= 0.3 is 0 Å². The summed E-state index contributed by atoms with van der Waals surface area (Å²) < 4.78 is 24.4. The van der Waals surface area contributed by atoms with Gasteiger partial charge in [0, 0.05) is 16.5 Å². The van der Waals surface area contributed by atoms with Crippen LogP contribution in [0.5, 0.6) is 0 Å². The number of carbonyl (C=O) groups is 1. The molecule has 5 nitrogen and oxygen atoms in total. The van der Waals surface area contributed by atoms with Gasteiger partial charge in [0.1, 0.15) is 0 Å². The Morgan fingerprint density at radius 3 is 2.37 bits per heavy atom. The lowest BCUT2D eigenvalue weighted by Crippen LogP contribution is -2.38. The van der Waals surface area contributed by atoms with Gasteiger partial charge in [-0.25, -0.2) is 8.42 Å². The van der Waals surface area contributed by atoms with Gasteiger partial charge in [-0.3, -0.25) is 4.79 Å². The summed E-state index contributed by atoms with van der Waals surface area (Å²) in [6.45, 7) is 4.00. The fourth-order valence-electron chi connectivity index (χ4n) is 3.74.